The number of rotatable bonds is 2. The third kappa shape index (κ3) is 2.32. The molecule has 0 fully saturated rings. The van der Waals surface area contributed by atoms with Gasteiger partial charge < -0.3 is 9.72 Å². The number of H-pyrrole nitrogens is 1. The summed E-state index contributed by atoms with van der Waals surface area (Å²) in [5, 5.41) is 4.61. The summed E-state index contributed by atoms with van der Waals surface area (Å²) in [7, 11) is 1.44. The lowest BCUT2D eigenvalue weighted by atomic mass is 9.90. The fraction of sp³-hybridized carbons (Fsp3) is 0.211. The standard InChI is InChI=1S/C19H18N2O2/c1-23-19(22)16-11-14-13-9-5-6-10-15(13)20-18(14)17(21-16)12-7-3-2-4-8-12/h2-10,16-17,20-21H,11H2,1H3/t16-,17-/m1/s1. The average Bonchev–Trinajstić information content (AvgIpc) is 2.99. The van der Waals surface area contributed by atoms with E-state index in [9.17, 15) is 4.79 Å². The van der Waals surface area contributed by atoms with E-state index in [4.69, 9.17) is 4.74 Å². The Labute approximate surface area is 134 Å². The molecule has 1 aliphatic heterocycles. The molecule has 4 nitrogen and oxygen atoms in total. The lowest BCUT2D eigenvalue weighted by Gasteiger charge is -2.30. The van der Waals surface area contributed by atoms with Crippen LogP contribution in [0, 0.1) is 0 Å². The van der Waals surface area contributed by atoms with E-state index in [-0.39, 0.29) is 18.1 Å². The van der Waals surface area contributed by atoms with Crippen LogP contribution in [0.5, 0.6) is 0 Å². The van der Waals surface area contributed by atoms with Gasteiger partial charge in [0.2, 0.25) is 0 Å². The van der Waals surface area contributed by atoms with E-state index in [1.54, 1.807) is 0 Å². The van der Waals surface area contributed by atoms with E-state index >= 15 is 0 Å². The highest BCUT2D eigenvalue weighted by Crippen LogP contribution is 2.35. The smallest absolute Gasteiger partial charge is 0.323 e. The lowest BCUT2D eigenvalue weighted by molar-refractivity contribution is -0.143. The second-order valence-corrected chi connectivity index (χ2v) is 5.85. The van der Waals surface area contributed by atoms with Crippen LogP contribution in [0.2, 0.25) is 0 Å². The maximum Gasteiger partial charge on any atom is 0.323 e. The molecule has 116 valence electrons. The molecule has 2 N–H and O–H groups in total. The van der Waals surface area contributed by atoms with E-state index < -0.39 is 0 Å². The predicted octanol–water partition coefficient (Wildman–Crippen LogP) is 2.94. The topological polar surface area (TPSA) is 54.1 Å². The van der Waals surface area contributed by atoms with Crippen molar-refractivity contribution >= 4 is 16.9 Å². The van der Waals surface area contributed by atoms with E-state index in [0.717, 1.165) is 16.8 Å². The summed E-state index contributed by atoms with van der Waals surface area (Å²) >= 11 is 0. The summed E-state index contributed by atoms with van der Waals surface area (Å²) in [6, 6.07) is 18.0. The molecule has 0 radical (unpaired) electrons. The van der Waals surface area contributed by atoms with Crippen molar-refractivity contribution in [2.24, 2.45) is 0 Å². The maximum atomic E-state index is 12.1. The highest BCUT2D eigenvalue weighted by molar-refractivity contribution is 5.87. The van der Waals surface area contributed by atoms with Gasteiger partial charge in [0.15, 0.2) is 0 Å². The first kappa shape index (κ1) is 14.0. The molecule has 4 heteroatoms. The second kappa shape index (κ2) is 5.56. The molecule has 1 aliphatic rings. The first-order valence-electron chi connectivity index (χ1n) is 7.76. The molecule has 0 spiro atoms. The van der Waals surface area contributed by atoms with E-state index in [0.29, 0.717) is 6.42 Å². The molecule has 3 aromatic rings. The normalized spacial score (nSPS) is 20.2. The number of aromatic amines is 1. The van der Waals surface area contributed by atoms with Gasteiger partial charge in [-0.3, -0.25) is 10.1 Å². The Balaban J connectivity index is 1.88. The molecule has 2 aromatic carbocycles. The average molecular weight is 306 g/mol. The third-order valence-electron chi connectivity index (χ3n) is 4.53. The summed E-state index contributed by atoms with van der Waals surface area (Å²) in [4.78, 5) is 15.6. The first-order chi connectivity index (χ1) is 11.3. The number of para-hydroxylation sites is 1. The maximum absolute atomic E-state index is 12.1. The van der Waals surface area contributed by atoms with Crippen LogP contribution in [0.1, 0.15) is 22.9 Å². The van der Waals surface area contributed by atoms with Crippen molar-refractivity contribution in [3.8, 4) is 0 Å². The largest absolute Gasteiger partial charge is 0.468 e. The lowest BCUT2D eigenvalue weighted by Crippen LogP contribution is -2.45. The Morgan fingerprint density at radius 3 is 2.61 bits per heavy atom. The highest BCUT2D eigenvalue weighted by atomic mass is 16.5. The minimum absolute atomic E-state index is 0.0450. The van der Waals surface area contributed by atoms with Gasteiger partial charge in [-0.1, -0.05) is 48.5 Å². The van der Waals surface area contributed by atoms with Gasteiger partial charge in [-0.2, -0.15) is 0 Å². The van der Waals surface area contributed by atoms with Crippen molar-refractivity contribution in [3.63, 3.8) is 0 Å². The molecule has 2 heterocycles. The van der Waals surface area contributed by atoms with Crippen molar-refractivity contribution in [1.29, 1.82) is 0 Å². The number of fused-ring (bicyclic) bond motifs is 3. The third-order valence-corrected chi connectivity index (χ3v) is 4.53. The van der Waals surface area contributed by atoms with Crippen LogP contribution in [0.3, 0.4) is 0 Å². The number of hydrogen-bond acceptors (Lipinski definition) is 3. The predicted molar refractivity (Wildman–Crippen MR) is 89.2 cm³/mol. The fourth-order valence-corrected chi connectivity index (χ4v) is 3.44. The van der Waals surface area contributed by atoms with E-state index in [1.165, 1.54) is 18.1 Å². The van der Waals surface area contributed by atoms with Crippen LogP contribution in [0.25, 0.3) is 10.9 Å². The molecule has 0 unspecified atom stereocenters. The number of carbonyl (C=O) groups excluding carboxylic acids is 1. The number of aromatic nitrogens is 1. The van der Waals surface area contributed by atoms with Gasteiger partial charge in [0.1, 0.15) is 6.04 Å². The molecule has 0 saturated carbocycles. The molecule has 23 heavy (non-hydrogen) atoms. The van der Waals surface area contributed by atoms with Gasteiger partial charge in [0.05, 0.1) is 13.2 Å². The highest BCUT2D eigenvalue weighted by Gasteiger charge is 2.34. The van der Waals surface area contributed by atoms with Gasteiger partial charge in [-0.05, 0) is 17.2 Å². The quantitative estimate of drug-likeness (QED) is 0.716. The molecule has 0 saturated heterocycles. The van der Waals surface area contributed by atoms with Crippen molar-refractivity contribution in [1.82, 2.24) is 10.3 Å². The summed E-state index contributed by atoms with van der Waals surface area (Å²) in [6.07, 6.45) is 0.634. The molecular formula is C19H18N2O2. The number of benzene rings is 2. The second-order valence-electron chi connectivity index (χ2n) is 5.85. The number of nitrogens with one attached hydrogen (secondary N) is 2. The van der Waals surface area contributed by atoms with Crippen molar-refractivity contribution in [2.45, 2.75) is 18.5 Å². The van der Waals surface area contributed by atoms with Gasteiger partial charge in [0.25, 0.3) is 0 Å². The van der Waals surface area contributed by atoms with Gasteiger partial charge in [-0.25, -0.2) is 0 Å². The zero-order chi connectivity index (χ0) is 15.8. The number of ether oxygens (including phenoxy) is 1. The summed E-state index contributed by atoms with van der Waals surface area (Å²) in [5.74, 6) is -0.220. The number of methoxy groups -OCH3 is 1. The SMILES string of the molecule is COC(=O)[C@H]1Cc2c([nH]c3ccccc23)[C@@H](c2ccccc2)N1. The van der Waals surface area contributed by atoms with Crippen LogP contribution in [-0.4, -0.2) is 24.1 Å². The first-order valence-corrected chi connectivity index (χ1v) is 7.76. The van der Waals surface area contributed by atoms with Gasteiger partial charge >= 0.3 is 5.97 Å². The fourth-order valence-electron chi connectivity index (χ4n) is 3.44. The Morgan fingerprint density at radius 1 is 1.09 bits per heavy atom. The molecule has 2 atom stereocenters. The van der Waals surface area contributed by atoms with Crippen LogP contribution in [-0.2, 0) is 16.0 Å². The Bertz CT molecular complexity index is 854. The van der Waals surface area contributed by atoms with Gasteiger partial charge in [0, 0.05) is 23.0 Å². The zero-order valence-electron chi connectivity index (χ0n) is 12.9. The van der Waals surface area contributed by atoms with Crippen LogP contribution in [0.15, 0.2) is 54.6 Å². The Hall–Kier alpha value is -2.59. The molecule has 0 aliphatic carbocycles. The minimum Gasteiger partial charge on any atom is -0.468 e. The monoisotopic (exact) mass is 306 g/mol. The number of esters is 1. The van der Waals surface area contributed by atoms with Crippen LogP contribution in [0.4, 0.5) is 0 Å². The van der Waals surface area contributed by atoms with Crippen LogP contribution >= 0.6 is 0 Å². The molecule has 0 amide bonds. The van der Waals surface area contributed by atoms with Crippen molar-refractivity contribution < 1.29 is 9.53 Å². The number of hydrogen-bond donors (Lipinski definition) is 2. The Kier molecular flexibility index (Phi) is 3.39. The van der Waals surface area contributed by atoms with Crippen molar-refractivity contribution in [2.75, 3.05) is 7.11 Å². The van der Waals surface area contributed by atoms with E-state index in [1.807, 2.05) is 30.3 Å². The van der Waals surface area contributed by atoms with Crippen LogP contribution < -0.4 is 5.32 Å². The van der Waals surface area contributed by atoms with E-state index in [2.05, 4.69) is 34.6 Å². The summed E-state index contributed by atoms with van der Waals surface area (Å²) < 4.78 is 4.97. The van der Waals surface area contributed by atoms with Crippen molar-refractivity contribution in [3.05, 3.63) is 71.4 Å². The minimum atomic E-state index is -0.336. The number of carbonyl (C=O) groups is 1. The summed E-state index contributed by atoms with van der Waals surface area (Å²) in [6.45, 7) is 0. The summed E-state index contributed by atoms with van der Waals surface area (Å²) in [5.41, 5.74) is 4.57. The molecular weight excluding hydrogens is 288 g/mol. The molecule has 1 aromatic heterocycles. The molecule has 0 bridgehead atoms. The molecule has 4 rings (SSSR count). The zero-order valence-corrected chi connectivity index (χ0v) is 12.9. The Morgan fingerprint density at radius 2 is 1.83 bits per heavy atom. The van der Waals surface area contributed by atoms with Gasteiger partial charge in [-0.15, -0.1) is 0 Å².